The highest BCUT2D eigenvalue weighted by atomic mass is 16.5. The Bertz CT molecular complexity index is 943. The molecule has 0 bridgehead atoms. The molecule has 0 saturated carbocycles. The molecular formula is C21H19N3O4. The summed E-state index contributed by atoms with van der Waals surface area (Å²) in [7, 11) is 1.33. The van der Waals surface area contributed by atoms with Gasteiger partial charge in [0.05, 0.1) is 30.2 Å². The van der Waals surface area contributed by atoms with Crippen LogP contribution in [0.2, 0.25) is 0 Å². The van der Waals surface area contributed by atoms with Crippen molar-refractivity contribution in [2.75, 3.05) is 24.4 Å². The van der Waals surface area contributed by atoms with E-state index in [9.17, 15) is 9.59 Å². The van der Waals surface area contributed by atoms with Gasteiger partial charge in [-0.2, -0.15) is 0 Å². The number of amides is 1. The van der Waals surface area contributed by atoms with Crippen molar-refractivity contribution in [1.82, 2.24) is 4.98 Å². The van der Waals surface area contributed by atoms with E-state index in [0.717, 1.165) is 0 Å². The number of nitrogens with one attached hydrogen (secondary N) is 2. The van der Waals surface area contributed by atoms with E-state index in [-0.39, 0.29) is 12.5 Å². The number of aromatic nitrogens is 1. The van der Waals surface area contributed by atoms with Crippen molar-refractivity contribution in [2.45, 2.75) is 0 Å². The first-order valence-electron chi connectivity index (χ1n) is 8.54. The smallest absolute Gasteiger partial charge is 0.339 e. The lowest BCUT2D eigenvalue weighted by Gasteiger charge is -2.11. The summed E-state index contributed by atoms with van der Waals surface area (Å²) in [6.45, 7) is -0.113. The molecule has 0 aliphatic rings. The van der Waals surface area contributed by atoms with Gasteiger partial charge in [-0.3, -0.25) is 4.79 Å². The van der Waals surface area contributed by atoms with E-state index in [1.54, 1.807) is 48.7 Å². The number of ether oxygens (including phenoxy) is 2. The largest absolute Gasteiger partial charge is 0.484 e. The Balaban J connectivity index is 1.58. The van der Waals surface area contributed by atoms with E-state index >= 15 is 0 Å². The molecule has 0 atom stereocenters. The van der Waals surface area contributed by atoms with Crippen molar-refractivity contribution in [1.29, 1.82) is 0 Å². The highest BCUT2D eigenvalue weighted by Crippen LogP contribution is 2.21. The number of benzene rings is 2. The quantitative estimate of drug-likeness (QED) is 0.611. The first-order valence-corrected chi connectivity index (χ1v) is 8.54. The van der Waals surface area contributed by atoms with Gasteiger partial charge in [0, 0.05) is 0 Å². The SMILES string of the molecule is COC(=O)c1ccccc1Nc1ccc(NC(=O)COc2ccccc2)nc1. The maximum Gasteiger partial charge on any atom is 0.339 e. The predicted octanol–water partition coefficient (Wildman–Crippen LogP) is 3.63. The average molecular weight is 377 g/mol. The second-order valence-electron chi connectivity index (χ2n) is 5.74. The second kappa shape index (κ2) is 9.18. The van der Waals surface area contributed by atoms with E-state index in [1.807, 2.05) is 24.3 Å². The second-order valence-corrected chi connectivity index (χ2v) is 5.74. The van der Waals surface area contributed by atoms with Crippen LogP contribution in [0.4, 0.5) is 17.2 Å². The summed E-state index contributed by atoms with van der Waals surface area (Å²) in [5.41, 5.74) is 1.68. The lowest BCUT2D eigenvalue weighted by molar-refractivity contribution is -0.118. The Hall–Kier alpha value is -3.87. The van der Waals surface area contributed by atoms with E-state index < -0.39 is 5.97 Å². The molecule has 2 aromatic carbocycles. The van der Waals surface area contributed by atoms with Gasteiger partial charge >= 0.3 is 5.97 Å². The highest BCUT2D eigenvalue weighted by molar-refractivity contribution is 5.96. The monoisotopic (exact) mass is 377 g/mol. The minimum absolute atomic E-state index is 0.113. The molecule has 1 amide bonds. The Morgan fingerprint density at radius 1 is 0.964 bits per heavy atom. The van der Waals surface area contributed by atoms with Crippen LogP contribution < -0.4 is 15.4 Å². The minimum Gasteiger partial charge on any atom is -0.484 e. The molecule has 0 saturated heterocycles. The fourth-order valence-corrected chi connectivity index (χ4v) is 2.42. The van der Waals surface area contributed by atoms with E-state index in [4.69, 9.17) is 9.47 Å². The van der Waals surface area contributed by atoms with Crippen LogP contribution in [-0.4, -0.2) is 30.6 Å². The lowest BCUT2D eigenvalue weighted by atomic mass is 10.1. The fraction of sp³-hybridized carbons (Fsp3) is 0.0952. The van der Waals surface area contributed by atoms with E-state index in [0.29, 0.717) is 28.5 Å². The molecule has 3 aromatic rings. The van der Waals surface area contributed by atoms with Crippen LogP contribution in [-0.2, 0) is 9.53 Å². The molecular weight excluding hydrogens is 358 g/mol. The maximum absolute atomic E-state index is 12.0. The van der Waals surface area contributed by atoms with Gasteiger partial charge in [-0.15, -0.1) is 0 Å². The summed E-state index contributed by atoms with van der Waals surface area (Å²) in [6.07, 6.45) is 1.56. The fourth-order valence-electron chi connectivity index (χ4n) is 2.42. The molecule has 0 fully saturated rings. The van der Waals surface area contributed by atoms with Crippen LogP contribution in [0, 0.1) is 0 Å². The van der Waals surface area contributed by atoms with Crippen molar-refractivity contribution >= 4 is 29.1 Å². The molecule has 0 aliphatic heterocycles. The third kappa shape index (κ3) is 5.07. The van der Waals surface area contributed by atoms with Gasteiger partial charge in [0.1, 0.15) is 11.6 Å². The molecule has 1 aromatic heterocycles. The van der Waals surface area contributed by atoms with Crippen molar-refractivity contribution in [3.8, 4) is 5.75 Å². The zero-order chi connectivity index (χ0) is 19.8. The molecule has 7 nitrogen and oxygen atoms in total. The summed E-state index contributed by atoms with van der Waals surface area (Å²) in [5, 5.41) is 5.78. The summed E-state index contributed by atoms with van der Waals surface area (Å²) < 4.78 is 10.2. The van der Waals surface area contributed by atoms with Crippen LogP contribution in [0.25, 0.3) is 0 Å². The van der Waals surface area contributed by atoms with Gasteiger partial charge in [-0.1, -0.05) is 30.3 Å². The highest BCUT2D eigenvalue weighted by Gasteiger charge is 2.11. The summed E-state index contributed by atoms with van der Waals surface area (Å²) in [4.78, 5) is 28.0. The molecule has 1 heterocycles. The Labute approximate surface area is 162 Å². The number of nitrogens with zero attached hydrogens (tertiary/aromatic N) is 1. The molecule has 7 heteroatoms. The van der Waals surface area contributed by atoms with Crippen molar-refractivity contribution in [2.24, 2.45) is 0 Å². The number of hydrogen-bond acceptors (Lipinski definition) is 6. The van der Waals surface area contributed by atoms with Crippen molar-refractivity contribution < 1.29 is 19.1 Å². The Morgan fingerprint density at radius 3 is 2.43 bits per heavy atom. The molecule has 0 radical (unpaired) electrons. The number of rotatable bonds is 7. The Morgan fingerprint density at radius 2 is 1.71 bits per heavy atom. The molecule has 142 valence electrons. The maximum atomic E-state index is 12.0. The van der Waals surface area contributed by atoms with Crippen molar-refractivity contribution in [3.63, 3.8) is 0 Å². The third-order valence-electron chi connectivity index (χ3n) is 3.76. The average Bonchev–Trinajstić information content (AvgIpc) is 2.74. The summed E-state index contributed by atoms with van der Waals surface area (Å²) in [6, 6.07) is 19.5. The van der Waals surface area contributed by atoms with Crippen LogP contribution in [0.5, 0.6) is 5.75 Å². The van der Waals surface area contributed by atoms with Crippen LogP contribution >= 0.6 is 0 Å². The van der Waals surface area contributed by atoms with Gasteiger partial charge in [-0.05, 0) is 36.4 Å². The number of carbonyl (C=O) groups is 2. The summed E-state index contributed by atoms with van der Waals surface area (Å²) in [5.74, 6) is 0.273. The standard InChI is InChI=1S/C21H19N3O4/c1-27-21(26)17-9-5-6-10-18(17)23-15-11-12-19(22-13-15)24-20(25)14-28-16-7-3-2-4-8-16/h2-13,23H,14H2,1H3,(H,22,24,25). The molecule has 2 N–H and O–H groups in total. The topological polar surface area (TPSA) is 89.6 Å². The normalized spacial score (nSPS) is 10.0. The first-order chi connectivity index (χ1) is 13.7. The first kappa shape index (κ1) is 18.9. The molecule has 3 rings (SSSR count). The van der Waals surface area contributed by atoms with Gasteiger partial charge in [-0.25, -0.2) is 9.78 Å². The van der Waals surface area contributed by atoms with Crippen LogP contribution in [0.1, 0.15) is 10.4 Å². The third-order valence-corrected chi connectivity index (χ3v) is 3.76. The number of carbonyl (C=O) groups excluding carboxylic acids is 2. The minimum atomic E-state index is -0.432. The van der Waals surface area contributed by atoms with Crippen LogP contribution in [0.15, 0.2) is 72.9 Å². The Kier molecular flexibility index (Phi) is 6.20. The van der Waals surface area contributed by atoms with E-state index in [2.05, 4.69) is 15.6 Å². The number of hydrogen-bond donors (Lipinski definition) is 2. The van der Waals surface area contributed by atoms with Gasteiger partial charge < -0.3 is 20.1 Å². The van der Waals surface area contributed by atoms with Crippen LogP contribution in [0.3, 0.4) is 0 Å². The van der Waals surface area contributed by atoms with Gasteiger partial charge in [0.15, 0.2) is 6.61 Å². The molecule has 0 spiro atoms. The predicted molar refractivity (Wildman–Crippen MR) is 106 cm³/mol. The number of para-hydroxylation sites is 2. The zero-order valence-corrected chi connectivity index (χ0v) is 15.2. The van der Waals surface area contributed by atoms with Gasteiger partial charge in [0.25, 0.3) is 5.91 Å². The number of anilines is 3. The number of pyridine rings is 1. The lowest BCUT2D eigenvalue weighted by Crippen LogP contribution is -2.20. The zero-order valence-electron chi connectivity index (χ0n) is 15.2. The van der Waals surface area contributed by atoms with Crippen molar-refractivity contribution in [3.05, 3.63) is 78.5 Å². The molecule has 0 unspecified atom stereocenters. The van der Waals surface area contributed by atoms with Gasteiger partial charge in [0.2, 0.25) is 0 Å². The van der Waals surface area contributed by atoms with E-state index in [1.165, 1.54) is 7.11 Å². The number of esters is 1. The molecule has 0 aliphatic carbocycles. The number of methoxy groups -OCH3 is 1. The molecule has 28 heavy (non-hydrogen) atoms. The summed E-state index contributed by atoms with van der Waals surface area (Å²) >= 11 is 0.